The predicted molar refractivity (Wildman–Crippen MR) is 83.2 cm³/mol. The number of rotatable bonds is 3. The summed E-state index contributed by atoms with van der Waals surface area (Å²) in [5, 5.41) is 13.5. The first-order valence-corrected chi connectivity index (χ1v) is 7.54. The fourth-order valence-electron chi connectivity index (χ4n) is 3.26. The third-order valence-corrected chi connectivity index (χ3v) is 4.27. The summed E-state index contributed by atoms with van der Waals surface area (Å²) in [6, 6.07) is 9.91. The van der Waals surface area contributed by atoms with Gasteiger partial charge in [-0.2, -0.15) is 0 Å². The number of nitrogens with one attached hydrogen (secondary N) is 1. The molecule has 0 fully saturated rings. The normalized spacial score (nSPS) is 20.2. The molecule has 0 spiro atoms. The minimum Gasteiger partial charge on any atom is -0.508 e. The molecule has 1 aromatic carbocycles. The van der Waals surface area contributed by atoms with E-state index in [1.54, 1.807) is 6.07 Å². The van der Waals surface area contributed by atoms with Gasteiger partial charge in [0.2, 0.25) is 0 Å². The van der Waals surface area contributed by atoms with Crippen LogP contribution in [0.1, 0.15) is 49.0 Å². The Morgan fingerprint density at radius 2 is 2.10 bits per heavy atom. The lowest BCUT2D eigenvalue weighted by Crippen LogP contribution is -2.32. The summed E-state index contributed by atoms with van der Waals surface area (Å²) in [6.07, 6.45) is 2.07. The maximum absolute atomic E-state index is 9.88. The van der Waals surface area contributed by atoms with Crippen molar-refractivity contribution < 1.29 is 9.52 Å². The summed E-state index contributed by atoms with van der Waals surface area (Å²) in [6.45, 7) is 7.23. The molecule has 1 unspecified atom stereocenters. The second kappa shape index (κ2) is 5.23. The van der Waals surface area contributed by atoms with Crippen molar-refractivity contribution in [2.75, 3.05) is 0 Å². The van der Waals surface area contributed by atoms with Crippen molar-refractivity contribution in [3.05, 3.63) is 53.0 Å². The van der Waals surface area contributed by atoms with Crippen molar-refractivity contribution in [1.29, 1.82) is 0 Å². The van der Waals surface area contributed by atoms with Gasteiger partial charge in [-0.15, -0.1) is 0 Å². The lowest BCUT2D eigenvalue weighted by atomic mass is 9.74. The van der Waals surface area contributed by atoms with Gasteiger partial charge in [-0.3, -0.25) is 0 Å². The Hall–Kier alpha value is -1.74. The molecule has 3 nitrogen and oxygen atoms in total. The summed E-state index contributed by atoms with van der Waals surface area (Å²) in [5.74, 6) is 2.44. The minimum atomic E-state index is 0.230. The van der Waals surface area contributed by atoms with Crippen LogP contribution >= 0.6 is 0 Å². The number of benzene rings is 1. The molecule has 0 bridgehead atoms. The maximum atomic E-state index is 9.88. The van der Waals surface area contributed by atoms with Gasteiger partial charge in [-0.25, -0.2) is 0 Å². The summed E-state index contributed by atoms with van der Waals surface area (Å²) in [5.41, 5.74) is 2.44. The number of hydrogen-bond donors (Lipinski definition) is 2. The zero-order chi connectivity index (χ0) is 15.0. The molecule has 2 aromatic rings. The molecule has 0 saturated carbocycles. The van der Waals surface area contributed by atoms with E-state index in [9.17, 15) is 5.11 Å². The van der Waals surface area contributed by atoms with Crippen molar-refractivity contribution in [1.82, 2.24) is 5.32 Å². The minimum absolute atomic E-state index is 0.230. The van der Waals surface area contributed by atoms with Gasteiger partial charge in [0, 0.05) is 30.1 Å². The Bertz CT molecular complexity index is 642. The molecule has 0 aliphatic heterocycles. The third kappa shape index (κ3) is 2.98. The van der Waals surface area contributed by atoms with E-state index in [0.717, 1.165) is 29.9 Å². The second-order valence-electron chi connectivity index (χ2n) is 6.84. The van der Waals surface area contributed by atoms with Crippen molar-refractivity contribution >= 4 is 0 Å². The summed E-state index contributed by atoms with van der Waals surface area (Å²) < 4.78 is 5.86. The van der Waals surface area contributed by atoms with Crippen LogP contribution in [0.4, 0.5) is 0 Å². The van der Waals surface area contributed by atoms with Crippen molar-refractivity contribution in [2.45, 2.75) is 46.2 Å². The lowest BCUT2D eigenvalue weighted by Gasteiger charge is -2.35. The first-order chi connectivity index (χ1) is 9.94. The molecule has 1 heterocycles. The average Bonchev–Trinajstić information content (AvgIpc) is 2.76. The Balaban J connectivity index is 1.80. The Labute approximate surface area is 126 Å². The molecule has 3 heteroatoms. The van der Waals surface area contributed by atoms with Gasteiger partial charge < -0.3 is 14.8 Å². The first-order valence-electron chi connectivity index (χ1n) is 7.54. The van der Waals surface area contributed by atoms with E-state index in [0.29, 0.717) is 12.3 Å². The third-order valence-electron chi connectivity index (χ3n) is 4.27. The van der Waals surface area contributed by atoms with E-state index in [2.05, 4.69) is 25.2 Å². The molecular formula is C18H23NO2. The average molecular weight is 285 g/mol. The monoisotopic (exact) mass is 285 g/mol. The number of para-hydroxylation sites is 1. The molecule has 2 N–H and O–H groups in total. The standard InChI is InChI=1S/C18H23NO2/c1-12-8-14-15(9-18(2,3)10-17(14)21-12)19-11-13-6-4-5-7-16(13)20/h4-8,15,19-20H,9-11H2,1-3H3. The van der Waals surface area contributed by atoms with Gasteiger partial charge in [0.15, 0.2) is 0 Å². The van der Waals surface area contributed by atoms with Gasteiger partial charge in [0.05, 0.1) is 0 Å². The van der Waals surface area contributed by atoms with Crippen LogP contribution in [0.5, 0.6) is 5.75 Å². The largest absolute Gasteiger partial charge is 0.508 e. The van der Waals surface area contributed by atoms with Crippen molar-refractivity contribution in [3.8, 4) is 5.75 Å². The number of hydrogen-bond acceptors (Lipinski definition) is 3. The van der Waals surface area contributed by atoms with Gasteiger partial charge in [-0.05, 0) is 30.9 Å². The number of phenolic OH excluding ortho intramolecular Hbond substituents is 1. The SMILES string of the molecule is Cc1cc2c(o1)CC(C)(C)CC2NCc1ccccc1O. The van der Waals surface area contributed by atoms with Crippen molar-refractivity contribution in [3.63, 3.8) is 0 Å². The molecule has 1 aromatic heterocycles. The van der Waals surface area contributed by atoms with Crippen LogP contribution in [0, 0.1) is 12.3 Å². The molecule has 3 rings (SSSR count). The van der Waals surface area contributed by atoms with E-state index >= 15 is 0 Å². The van der Waals surface area contributed by atoms with Crippen LogP contribution in [-0.2, 0) is 13.0 Å². The van der Waals surface area contributed by atoms with Crippen LogP contribution in [0.15, 0.2) is 34.7 Å². The summed E-state index contributed by atoms with van der Waals surface area (Å²) in [7, 11) is 0. The highest BCUT2D eigenvalue weighted by molar-refractivity contribution is 5.33. The Morgan fingerprint density at radius 3 is 2.86 bits per heavy atom. The molecule has 1 aliphatic carbocycles. The molecule has 1 atom stereocenters. The highest BCUT2D eigenvalue weighted by Gasteiger charge is 2.34. The molecule has 0 radical (unpaired) electrons. The molecule has 112 valence electrons. The van der Waals surface area contributed by atoms with Gasteiger partial charge >= 0.3 is 0 Å². The zero-order valence-corrected chi connectivity index (χ0v) is 12.9. The summed E-state index contributed by atoms with van der Waals surface area (Å²) in [4.78, 5) is 0. The predicted octanol–water partition coefficient (Wildman–Crippen LogP) is 4.10. The zero-order valence-electron chi connectivity index (χ0n) is 12.9. The van der Waals surface area contributed by atoms with E-state index in [-0.39, 0.29) is 11.5 Å². The topological polar surface area (TPSA) is 45.4 Å². The molecular weight excluding hydrogens is 262 g/mol. The van der Waals surface area contributed by atoms with Crippen LogP contribution in [0.2, 0.25) is 0 Å². The molecule has 0 amide bonds. The van der Waals surface area contributed by atoms with E-state index in [1.807, 2.05) is 25.1 Å². The van der Waals surface area contributed by atoms with Gasteiger partial charge in [-0.1, -0.05) is 32.0 Å². The van der Waals surface area contributed by atoms with E-state index in [1.165, 1.54) is 5.56 Å². The number of aromatic hydroxyl groups is 1. The van der Waals surface area contributed by atoms with E-state index < -0.39 is 0 Å². The quantitative estimate of drug-likeness (QED) is 0.892. The molecule has 21 heavy (non-hydrogen) atoms. The fraction of sp³-hybridized carbons (Fsp3) is 0.444. The van der Waals surface area contributed by atoms with Gasteiger partial charge in [0.25, 0.3) is 0 Å². The van der Waals surface area contributed by atoms with E-state index in [4.69, 9.17) is 4.42 Å². The molecule has 1 aliphatic rings. The number of furan rings is 1. The molecule has 0 saturated heterocycles. The maximum Gasteiger partial charge on any atom is 0.120 e. The van der Waals surface area contributed by atoms with Gasteiger partial charge in [0.1, 0.15) is 17.3 Å². The lowest BCUT2D eigenvalue weighted by molar-refractivity contribution is 0.233. The number of fused-ring (bicyclic) bond motifs is 1. The fourth-order valence-corrected chi connectivity index (χ4v) is 3.26. The number of aryl methyl sites for hydroxylation is 1. The Kier molecular flexibility index (Phi) is 3.54. The van der Waals surface area contributed by atoms with Crippen LogP contribution in [0.3, 0.4) is 0 Å². The van der Waals surface area contributed by atoms with Crippen LogP contribution < -0.4 is 5.32 Å². The van der Waals surface area contributed by atoms with Crippen molar-refractivity contribution in [2.24, 2.45) is 5.41 Å². The Morgan fingerprint density at radius 1 is 1.33 bits per heavy atom. The highest BCUT2D eigenvalue weighted by Crippen LogP contribution is 2.42. The number of phenols is 1. The first kappa shape index (κ1) is 14.2. The summed E-state index contributed by atoms with van der Waals surface area (Å²) >= 11 is 0. The van der Waals surface area contributed by atoms with Crippen LogP contribution in [-0.4, -0.2) is 5.11 Å². The van der Waals surface area contributed by atoms with Crippen LogP contribution in [0.25, 0.3) is 0 Å². The smallest absolute Gasteiger partial charge is 0.120 e. The highest BCUT2D eigenvalue weighted by atomic mass is 16.3. The second-order valence-corrected chi connectivity index (χ2v) is 6.84.